The van der Waals surface area contributed by atoms with Crippen LogP contribution in [-0.2, 0) is 34.6 Å². The van der Waals surface area contributed by atoms with E-state index >= 15 is 0 Å². The predicted molar refractivity (Wildman–Crippen MR) is 137 cm³/mol. The van der Waals surface area contributed by atoms with E-state index in [1.54, 1.807) is 20.3 Å². The second kappa shape index (κ2) is 13.5. The minimum Gasteiger partial charge on any atom is -0.493 e. The van der Waals surface area contributed by atoms with E-state index in [0.717, 1.165) is 37.2 Å². The molecule has 2 aromatic carbocycles. The van der Waals surface area contributed by atoms with Crippen molar-refractivity contribution in [2.45, 2.75) is 51.7 Å². The van der Waals surface area contributed by atoms with Gasteiger partial charge in [0, 0.05) is 6.54 Å². The fourth-order valence-electron chi connectivity index (χ4n) is 4.70. The van der Waals surface area contributed by atoms with Crippen molar-refractivity contribution in [1.29, 1.82) is 0 Å². The van der Waals surface area contributed by atoms with Crippen LogP contribution in [-0.4, -0.2) is 62.5 Å². The van der Waals surface area contributed by atoms with Gasteiger partial charge in [0.05, 0.1) is 40.0 Å². The van der Waals surface area contributed by atoms with Crippen molar-refractivity contribution in [3.8, 4) is 11.5 Å². The van der Waals surface area contributed by atoms with E-state index in [2.05, 4.69) is 11.9 Å². The van der Waals surface area contributed by atoms with Gasteiger partial charge in [-0.25, -0.2) is 0 Å². The number of esters is 1. The lowest BCUT2D eigenvalue weighted by Crippen LogP contribution is -2.42. The molecule has 0 aliphatic carbocycles. The lowest BCUT2D eigenvalue weighted by molar-refractivity contribution is -0.150. The van der Waals surface area contributed by atoms with Crippen molar-refractivity contribution in [3.05, 3.63) is 58.7 Å². The summed E-state index contributed by atoms with van der Waals surface area (Å²) in [5.41, 5.74) is 2.44. The molecule has 0 fully saturated rings. The molecule has 7 nitrogen and oxygen atoms in total. The quantitative estimate of drug-likeness (QED) is 0.393. The van der Waals surface area contributed by atoms with E-state index in [1.807, 2.05) is 44.2 Å². The first-order valence-corrected chi connectivity index (χ1v) is 12.1. The Balaban J connectivity index is 2.12. The zero-order valence-corrected chi connectivity index (χ0v) is 22.0. The van der Waals surface area contributed by atoms with Crippen molar-refractivity contribution in [2.24, 2.45) is 5.92 Å². The third kappa shape index (κ3) is 6.75. The van der Waals surface area contributed by atoms with E-state index in [4.69, 9.17) is 14.2 Å². The summed E-state index contributed by atoms with van der Waals surface area (Å²) in [5, 5.41) is 19.4. The fourth-order valence-corrected chi connectivity index (χ4v) is 4.70. The van der Waals surface area contributed by atoms with E-state index in [-0.39, 0.29) is 25.1 Å². The molecule has 1 unspecified atom stereocenters. The van der Waals surface area contributed by atoms with Crippen LogP contribution < -0.4 is 9.47 Å². The molecule has 0 bridgehead atoms. The normalized spacial score (nSPS) is 13.1. The van der Waals surface area contributed by atoms with Crippen LogP contribution in [0.15, 0.2) is 36.4 Å². The van der Waals surface area contributed by atoms with E-state index < -0.39 is 5.41 Å². The van der Waals surface area contributed by atoms with Crippen molar-refractivity contribution < 1.29 is 29.2 Å². The SMILES string of the molecule is COC(=O)C(CCCN(C)CCc1ccc(OC)c(OC)c1)(c1ccc(CO)c(CO)c1)C(C)C. The zero-order chi connectivity index (χ0) is 26.0. The van der Waals surface area contributed by atoms with Crippen LogP contribution >= 0.6 is 0 Å². The highest BCUT2D eigenvalue weighted by molar-refractivity contribution is 5.83. The minimum atomic E-state index is -0.836. The van der Waals surface area contributed by atoms with Crippen molar-refractivity contribution >= 4 is 5.97 Å². The second-order valence-corrected chi connectivity index (χ2v) is 9.26. The standard InChI is InChI=1S/C28H41NO6/c1-20(2)28(27(32)35-6,24-10-9-22(18-30)23(17-24)19-31)13-7-14-29(3)15-12-21-8-11-25(33-4)26(16-21)34-5/h8-11,16-17,20,30-31H,7,12-15,18-19H2,1-6H3. The molecule has 2 aromatic rings. The second-order valence-electron chi connectivity index (χ2n) is 9.26. The van der Waals surface area contributed by atoms with E-state index in [9.17, 15) is 15.0 Å². The summed E-state index contributed by atoms with van der Waals surface area (Å²) in [6.45, 7) is 5.38. The van der Waals surface area contributed by atoms with Crippen LogP contribution in [0.25, 0.3) is 0 Å². The Labute approximate surface area is 209 Å². The topological polar surface area (TPSA) is 88.5 Å². The third-order valence-electron chi connectivity index (χ3n) is 6.94. The number of aliphatic hydroxyl groups excluding tert-OH is 2. The number of ether oxygens (including phenoxy) is 3. The lowest BCUT2D eigenvalue weighted by Gasteiger charge is -2.36. The van der Waals surface area contributed by atoms with Crippen molar-refractivity contribution in [3.63, 3.8) is 0 Å². The number of methoxy groups -OCH3 is 3. The fraction of sp³-hybridized carbons (Fsp3) is 0.536. The molecule has 0 radical (unpaired) electrons. The van der Waals surface area contributed by atoms with Gasteiger partial charge in [0.1, 0.15) is 0 Å². The molecule has 0 amide bonds. The van der Waals surface area contributed by atoms with Crippen LogP contribution in [0, 0.1) is 5.92 Å². The van der Waals surface area contributed by atoms with Gasteiger partial charge >= 0.3 is 5.97 Å². The minimum absolute atomic E-state index is 0.0152. The number of hydrogen-bond acceptors (Lipinski definition) is 7. The summed E-state index contributed by atoms with van der Waals surface area (Å²) in [4.78, 5) is 15.4. The van der Waals surface area contributed by atoms with Gasteiger partial charge in [-0.3, -0.25) is 4.79 Å². The molecule has 35 heavy (non-hydrogen) atoms. The van der Waals surface area contributed by atoms with Gasteiger partial charge in [-0.1, -0.05) is 38.1 Å². The first-order chi connectivity index (χ1) is 16.8. The van der Waals surface area contributed by atoms with Gasteiger partial charge in [-0.2, -0.15) is 0 Å². The summed E-state index contributed by atoms with van der Waals surface area (Å²) in [6, 6.07) is 11.5. The van der Waals surface area contributed by atoms with Gasteiger partial charge in [0.2, 0.25) is 0 Å². The van der Waals surface area contributed by atoms with Crippen LogP contribution in [0.3, 0.4) is 0 Å². The summed E-state index contributed by atoms with van der Waals surface area (Å²) >= 11 is 0. The Morgan fingerprint density at radius 1 is 0.943 bits per heavy atom. The molecule has 1 atom stereocenters. The van der Waals surface area contributed by atoms with Gasteiger partial charge in [0.15, 0.2) is 11.5 Å². The molecule has 0 aliphatic rings. The van der Waals surface area contributed by atoms with E-state index in [0.29, 0.717) is 23.3 Å². The smallest absolute Gasteiger partial charge is 0.316 e. The Hall–Kier alpha value is -2.61. The van der Waals surface area contributed by atoms with Crippen LogP contribution in [0.1, 0.15) is 48.9 Å². The Morgan fingerprint density at radius 2 is 1.63 bits per heavy atom. The van der Waals surface area contributed by atoms with Gasteiger partial charge < -0.3 is 29.3 Å². The molecule has 194 valence electrons. The number of aliphatic hydroxyl groups is 2. The largest absolute Gasteiger partial charge is 0.493 e. The highest BCUT2D eigenvalue weighted by atomic mass is 16.5. The summed E-state index contributed by atoms with van der Waals surface area (Å²) in [6.07, 6.45) is 2.28. The molecule has 0 aromatic heterocycles. The maximum absolute atomic E-state index is 13.2. The van der Waals surface area contributed by atoms with Gasteiger partial charge in [0.25, 0.3) is 0 Å². The molecule has 0 heterocycles. The highest BCUT2D eigenvalue weighted by Gasteiger charge is 2.44. The Kier molecular flexibility index (Phi) is 11.0. The molecule has 0 spiro atoms. The molecule has 0 saturated heterocycles. The number of benzene rings is 2. The predicted octanol–water partition coefficient (Wildman–Crippen LogP) is 3.71. The molecular formula is C28H41NO6. The summed E-state index contributed by atoms with van der Waals surface area (Å²) in [7, 11) is 6.76. The molecule has 0 aliphatic heterocycles. The summed E-state index contributed by atoms with van der Waals surface area (Å²) in [5.74, 6) is 1.15. The maximum Gasteiger partial charge on any atom is 0.316 e. The Bertz CT molecular complexity index is 960. The molecule has 0 saturated carbocycles. The number of likely N-dealkylation sites (N-methyl/N-ethyl adjacent to an activating group) is 1. The average molecular weight is 488 g/mol. The molecule has 2 rings (SSSR count). The van der Waals surface area contributed by atoms with Crippen molar-refractivity contribution in [1.82, 2.24) is 4.90 Å². The maximum atomic E-state index is 13.2. The number of carbonyl (C=O) groups excluding carboxylic acids is 1. The number of hydrogen-bond donors (Lipinski definition) is 2. The van der Waals surface area contributed by atoms with Crippen LogP contribution in [0.4, 0.5) is 0 Å². The van der Waals surface area contributed by atoms with Crippen LogP contribution in [0.2, 0.25) is 0 Å². The third-order valence-corrected chi connectivity index (χ3v) is 6.94. The van der Waals surface area contributed by atoms with Gasteiger partial charge in [-0.05, 0) is 73.2 Å². The Morgan fingerprint density at radius 3 is 2.20 bits per heavy atom. The first kappa shape index (κ1) is 28.6. The monoisotopic (exact) mass is 487 g/mol. The highest BCUT2D eigenvalue weighted by Crippen LogP contribution is 2.39. The van der Waals surface area contributed by atoms with Crippen molar-refractivity contribution in [2.75, 3.05) is 41.5 Å². The average Bonchev–Trinajstić information content (AvgIpc) is 2.88. The molecular weight excluding hydrogens is 446 g/mol. The number of rotatable bonds is 14. The molecule has 7 heteroatoms. The lowest BCUT2D eigenvalue weighted by atomic mass is 9.68. The molecule has 2 N–H and O–H groups in total. The van der Waals surface area contributed by atoms with Gasteiger partial charge in [-0.15, -0.1) is 0 Å². The van der Waals surface area contributed by atoms with Crippen LogP contribution in [0.5, 0.6) is 11.5 Å². The zero-order valence-electron chi connectivity index (χ0n) is 22.0. The van der Waals surface area contributed by atoms with E-state index in [1.165, 1.54) is 12.7 Å². The first-order valence-electron chi connectivity index (χ1n) is 12.1. The number of carbonyl (C=O) groups is 1. The number of nitrogens with zero attached hydrogens (tertiary/aromatic N) is 1. The summed E-state index contributed by atoms with van der Waals surface area (Å²) < 4.78 is 16.0.